The highest BCUT2D eigenvalue weighted by Gasteiger charge is 2.55. The number of allylic oxidation sites excluding steroid dienone is 3. The van der Waals surface area contributed by atoms with Crippen LogP contribution < -0.4 is 0 Å². The van der Waals surface area contributed by atoms with Crippen molar-refractivity contribution in [2.24, 2.45) is 22.2 Å². The zero-order chi connectivity index (χ0) is 15.7. The molecule has 0 aromatic heterocycles. The molecule has 1 fully saturated rings. The van der Waals surface area contributed by atoms with Crippen molar-refractivity contribution in [2.45, 2.75) is 73.1 Å². The Bertz CT molecular complexity index is 431. The molecule has 0 bridgehead atoms. The first-order chi connectivity index (χ1) is 9.75. The van der Waals surface area contributed by atoms with Crippen molar-refractivity contribution in [3.8, 4) is 0 Å². The smallest absolute Gasteiger partial charge is 0.0614 e. The van der Waals surface area contributed by atoms with E-state index in [0.29, 0.717) is 10.8 Å². The molecule has 2 rings (SSSR count). The molecule has 0 saturated heterocycles. The molecule has 0 aromatic rings. The quantitative estimate of drug-likeness (QED) is 0.677. The third-order valence-electron chi connectivity index (χ3n) is 6.87. The molecule has 3 atom stereocenters. The van der Waals surface area contributed by atoms with Crippen LogP contribution in [0.15, 0.2) is 23.8 Å². The lowest BCUT2D eigenvalue weighted by molar-refractivity contribution is -0.0765. The number of hydrogen-bond donors (Lipinski definition) is 1. The summed E-state index contributed by atoms with van der Waals surface area (Å²) in [5.74, 6) is 0.802. The van der Waals surface area contributed by atoms with Gasteiger partial charge in [-0.2, -0.15) is 0 Å². The SMILES string of the molecule is C/C(=C\CO)CC[C@@]1(C)C=CC[C@H]2C(C)(C)CCC[C@@]21C. The lowest BCUT2D eigenvalue weighted by Gasteiger charge is -2.60. The summed E-state index contributed by atoms with van der Waals surface area (Å²) in [6, 6.07) is 0. The first-order valence-corrected chi connectivity index (χ1v) is 8.69. The summed E-state index contributed by atoms with van der Waals surface area (Å²) in [6.07, 6.45) is 14.6. The van der Waals surface area contributed by atoms with Gasteiger partial charge in [-0.3, -0.25) is 0 Å². The average molecular weight is 290 g/mol. The van der Waals surface area contributed by atoms with Crippen LogP contribution in [0.3, 0.4) is 0 Å². The van der Waals surface area contributed by atoms with E-state index >= 15 is 0 Å². The second-order valence-electron chi connectivity index (χ2n) is 8.60. The first-order valence-electron chi connectivity index (χ1n) is 8.69. The van der Waals surface area contributed by atoms with Gasteiger partial charge in [-0.15, -0.1) is 0 Å². The predicted octanol–water partition coefficient (Wildman–Crippen LogP) is 5.50. The minimum Gasteiger partial charge on any atom is -0.392 e. The second kappa shape index (κ2) is 5.91. The molecular weight excluding hydrogens is 256 g/mol. The number of aliphatic hydroxyl groups excluding tert-OH is 1. The van der Waals surface area contributed by atoms with Crippen molar-refractivity contribution < 1.29 is 5.11 Å². The van der Waals surface area contributed by atoms with E-state index in [9.17, 15) is 0 Å². The van der Waals surface area contributed by atoms with Crippen LogP contribution in [0.2, 0.25) is 0 Å². The van der Waals surface area contributed by atoms with Gasteiger partial charge in [0.1, 0.15) is 0 Å². The van der Waals surface area contributed by atoms with E-state index in [-0.39, 0.29) is 12.0 Å². The Balaban J connectivity index is 2.24. The Kier molecular flexibility index (Phi) is 4.73. The first kappa shape index (κ1) is 16.8. The lowest BCUT2D eigenvalue weighted by atomic mass is 9.44. The molecule has 120 valence electrons. The van der Waals surface area contributed by atoms with Crippen molar-refractivity contribution in [1.82, 2.24) is 0 Å². The van der Waals surface area contributed by atoms with Gasteiger partial charge < -0.3 is 5.11 Å². The topological polar surface area (TPSA) is 20.2 Å². The standard InChI is InChI=1S/C20H34O/c1-16(10-15-21)9-14-19(4)12-6-8-17-18(2,3)11-7-13-20(17,19)5/h6,10,12,17,21H,7-9,11,13-15H2,1-5H3/b16-10+/t17-,19+,20-/m0/s1. The van der Waals surface area contributed by atoms with Crippen LogP contribution in [0.1, 0.15) is 73.1 Å². The summed E-state index contributed by atoms with van der Waals surface area (Å²) in [5, 5.41) is 9.05. The molecule has 2 aliphatic carbocycles. The average Bonchev–Trinajstić information content (AvgIpc) is 2.39. The molecule has 0 unspecified atom stereocenters. The molecule has 21 heavy (non-hydrogen) atoms. The molecule has 0 radical (unpaired) electrons. The zero-order valence-electron chi connectivity index (χ0n) is 14.7. The number of aliphatic hydroxyl groups is 1. The summed E-state index contributed by atoms with van der Waals surface area (Å²) < 4.78 is 0. The van der Waals surface area contributed by atoms with Crippen molar-refractivity contribution in [1.29, 1.82) is 0 Å². The van der Waals surface area contributed by atoms with Crippen LogP contribution in [0.25, 0.3) is 0 Å². The van der Waals surface area contributed by atoms with Crippen molar-refractivity contribution >= 4 is 0 Å². The summed E-state index contributed by atoms with van der Waals surface area (Å²) in [7, 11) is 0. The Morgan fingerprint density at radius 1 is 1.24 bits per heavy atom. The van der Waals surface area contributed by atoms with Crippen LogP contribution in [0.4, 0.5) is 0 Å². The fourth-order valence-electron chi connectivity index (χ4n) is 5.12. The van der Waals surface area contributed by atoms with E-state index in [2.05, 4.69) is 46.8 Å². The Morgan fingerprint density at radius 2 is 1.95 bits per heavy atom. The van der Waals surface area contributed by atoms with Crippen molar-refractivity contribution in [2.75, 3.05) is 6.61 Å². The molecule has 0 aromatic carbocycles. The molecule has 0 spiro atoms. The number of rotatable bonds is 4. The molecule has 2 aliphatic rings. The predicted molar refractivity (Wildman–Crippen MR) is 91.2 cm³/mol. The van der Waals surface area contributed by atoms with Crippen LogP contribution in [-0.4, -0.2) is 11.7 Å². The maximum atomic E-state index is 9.05. The fraction of sp³-hybridized carbons (Fsp3) is 0.800. The van der Waals surface area contributed by atoms with Gasteiger partial charge in [0.15, 0.2) is 0 Å². The number of hydrogen-bond acceptors (Lipinski definition) is 1. The molecule has 0 amide bonds. The summed E-state index contributed by atoms with van der Waals surface area (Å²) in [6.45, 7) is 12.3. The van der Waals surface area contributed by atoms with E-state index in [1.807, 2.05) is 6.08 Å². The van der Waals surface area contributed by atoms with Crippen LogP contribution in [0.5, 0.6) is 0 Å². The van der Waals surface area contributed by atoms with Crippen LogP contribution in [-0.2, 0) is 0 Å². The largest absolute Gasteiger partial charge is 0.392 e. The minimum absolute atomic E-state index is 0.172. The highest BCUT2D eigenvalue weighted by Crippen LogP contribution is 2.63. The van der Waals surface area contributed by atoms with Gasteiger partial charge in [0.25, 0.3) is 0 Å². The van der Waals surface area contributed by atoms with Gasteiger partial charge in [-0.25, -0.2) is 0 Å². The second-order valence-corrected chi connectivity index (χ2v) is 8.60. The molecule has 1 nitrogen and oxygen atoms in total. The van der Waals surface area contributed by atoms with E-state index in [4.69, 9.17) is 5.11 Å². The molecule has 0 heterocycles. The summed E-state index contributed by atoms with van der Waals surface area (Å²) >= 11 is 0. The van der Waals surface area contributed by atoms with E-state index in [0.717, 1.165) is 12.3 Å². The minimum atomic E-state index is 0.172. The third-order valence-corrected chi connectivity index (χ3v) is 6.87. The van der Waals surface area contributed by atoms with Crippen molar-refractivity contribution in [3.05, 3.63) is 23.8 Å². The molecule has 1 heteroatoms. The molecule has 1 N–H and O–H groups in total. The Morgan fingerprint density at radius 3 is 2.62 bits per heavy atom. The van der Waals surface area contributed by atoms with Crippen molar-refractivity contribution in [3.63, 3.8) is 0 Å². The highest BCUT2D eigenvalue weighted by atomic mass is 16.2. The maximum absolute atomic E-state index is 9.05. The van der Waals surface area contributed by atoms with Gasteiger partial charge in [0, 0.05) is 0 Å². The maximum Gasteiger partial charge on any atom is 0.0614 e. The normalized spacial score (nSPS) is 39.1. The highest BCUT2D eigenvalue weighted by molar-refractivity contribution is 5.17. The molecule has 1 saturated carbocycles. The molecular formula is C20H34O. The van der Waals surface area contributed by atoms with Gasteiger partial charge in [0.2, 0.25) is 0 Å². The van der Waals surface area contributed by atoms with Gasteiger partial charge >= 0.3 is 0 Å². The van der Waals surface area contributed by atoms with E-state index < -0.39 is 0 Å². The zero-order valence-corrected chi connectivity index (χ0v) is 14.7. The van der Waals surface area contributed by atoms with E-state index in [1.54, 1.807) is 0 Å². The number of fused-ring (bicyclic) bond motifs is 1. The Labute approximate surface area is 131 Å². The van der Waals surface area contributed by atoms with Gasteiger partial charge in [0.05, 0.1) is 6.61 Å². The summed E-state index contributed by atoms with van der Waals surface area (Å²) in [5.41, 5.74) is 2.50. The monoisotopic (exact) mass is 290 g/mol. The third kappa shape index (κ3) is 2.99. The van der Waals surface area contributed by atoms with E-state index in [1.165, 1.54) is 37.7 Å². The molecule has 0 aliphatic heterocycles. The van der Waals surface area contributed by atoms with Crippen LogP contribution >= 0.6 is 0 Å². The van der Waals surface area contributed by atoms with Crippen LogP contribution in [0, 0.1) is 22.2 Å². The lowest BCUT2D eigenvalue weighted by Crippen LogP contribution is -2.52. The Hall–Kier alpha value is -0.560. The van der Waals surface area contributed by atoms with Gasteiger partial charge in [-0.05, 0) is 61.2 Å². The fourth-order valence-corrected chi connectivity index (χ4v) is 5.12. The van der Waals surface area contributed by atoms with Gasteiger partial charge in [-0.1, -0.05) is 57.9 Å². The summed E-state index contributed by atoms with van der Waals surface area (Å²) in [4.78, 5) is 0.